The normalized spacial score (nSPS) is 12.3. The summed E-state index contributed by atoms with van der Waals surface area (Å²) in [4.78, 5) is 2.27. The second-order valence-electron chi connectivity index (χ2n) is 10.7. The first-order valence-electron chi connectivity index (χ1n) is 14.4. The number of aryl methyl sites for hydroxylation is 1. The zero-order valence-electron chi connectivity index (χ0n) is 23.5. The number of hydrogen-bond donors (Lipinski definition) is 0. The van der Waals surface area contributed by atoms with E-state index in [0.717, 1.165) is 52.9 Å². The fourth-order valence-electron chi connectivity index (χ4n) is 5.51. The Kier molecular flexibility index (Phi) is 6.91. The van der Waals surface area contributed by atoms with Crippen LogP contribution in [0, 0.1) is 6.92 Å². The molecular formula is C39H31NO2. The summed E-state index contributed by atoms with van der Waals surface area (Å²) in [5, 5.41) is 0. The van der Waals surface area contributed by atoms with Crippen LogP contribution in [0.4, 0.5) is 17.1 Å². The summed E-state index contributed by atoms with van der Waals surface area (Å²) in [6.07, 6.45) is 1.92. The van der Waals surface area contributed by atoms with Gasteiger partial charge in [-0.3, -0.25) is 0 Å². The van der Waals surface area contributed by atoms with Crippen molar-refractivity contribution in [1.29, 1.82) is 0 Å². The highest BCUT2D eigenvalue weighted by Gasteiger charge is 2.25. The Balaban J connectivity index is 0.000000171. The highest BCUT2D eigenvalue weighted by atomic mass is 16.5. The summed E-state index contributed by atoms with van der Waals surface area (Å²) in [6, 6.07) is 50.3. The Morgan fingerprint density at radius 3 is 1.45 bits per heavy atom. The van der Waals surface area contributed by atoms with Crippen LogP contribution >= 0.6 is 0 Å². The molecule has 0 amide bonds. The number of anilines is 3. The largest absolute Gasteiger partial charge is 0.457 e. The molecule has 0 N–H and O–H groups in total. The number of para-hydroxylation sites is 6. The van der Waals surface area contributed by atoms with Gasteiger partial charge in [0.1, 0.15) is 11.5 Å². The first-order valence-corrected chi connectivity index (χ1v) is 14.4. The number of ether oxygens (including phenoxy) is 2. The van der Waals surface area contributed by atoms with Crippen molar-refractivity contribution in [2.75, 3.05) is 4.90 Å². The molecule has 204 valence electrons. The molecule has 3 nitrogen and oxygen atoms in total. The predicted molar refractivity (Wildman–Crippen MR) is 171 cm³/mol. The minimum atomic E-state index is 0.880. The van der Waals surface area contributed by atoms with Crippen LogP contribution in [0.15, 0.2) is 146 Å². The molecule has 0 aliphatic carbocycles. The van der Waals surface area contributed by atoms with Gasteiger partial charge in [0.15, 0.2) is 11.5 Å². The molecule has 0 fully saturated rings. The van der Waals surface area contributed by atoms with Gasteiger partial charge in [-0.2, -0.15) is 0 Å². The fourth-order valence-corrected chi connectivity index (χ4v) is 5.51. The van der Waals surface area contributed by atoms with Crippen LogP contribution in [0.2, 0.25) is 0 Å². The molecule has 0 saturated heterocycles. The van der Waals surface area contributed by atoms with Crippen LogP contribution in [-0.2, 0) is 12.8 Å². The standard InChI is InChI=1S/C26H21NO.C13H10O/c1-19-10-12-20(13-11-19)18-21-14-16-22(17-15-21)27-23-6-2-4-8-25(23)28-26-9-5-3-7-24(26)27;1-3-7-12-10(5-1)9-11-6-2-4-8-13(11)14-12/h2-17H,18H2,1H3;1-8H,9H2. The van der Waals surface area contributed by atoms with E-state index in [1.165, 1.54) is 27.8 Å². The molecule has 42 heavy (non-hydrogen) atoms. The Morgan fingerprint density at radius 2 is 0.905 bits per heavy atom. The van der Waals surface area contributed by atoms with Crippen molar-refractivity contribution in [2.24, 2.45) is 0 Å². The van der Waals surface area contributed by atoms with Crippen molar-refractivity contribution < 1.29 is 9.47 Å². The lowest BCUT2D eigenvalue weighted by atomic mass is 10.0. The number of fused-ring (bicyclic) bond motifs is 4. The molecule has 0 saturated carbocycles. The van der Waals surface area contributed by atoms with E-state index < -0.39 is 0 Å². The summed E-state index contributed by atoms with van der Waals surface area (Å²) in [5.41, 5.74) is 9.74. The molecule has 0 unspecified atom stereocenters. The second kappa shape index (κ2) is 11.3. The average Bonchev–Trinajstić information content (AvgIpc) is 3.04. The average molecular weight is 546 g/mol. The van der Waals surface area contributed by atoms with Crippen LogP contribution < -0.4 is 14.4 Å². The molecule has 3 heteroatoms. The molecule has 0 bridgehead atoms. The summed E-state index contributed by atoms with van der Waals surface area (Å²) >= 11 is 0. The van der Waals surface area contributed by atoms with Gasteiger partial charge in [-0.1, -0.05) is 103 Å². The van der Waals surface area contributed by atoms with Crippen molar-refractivity contribution >= 4 is 17.1 Å². The maximum absolute atomic E-state index is 6.10. The first-order chi connectivity index (χ1) is 20.7. The smallest absolute Gasteiger partial charge is 0.151 e. The topological polar surface area (TPSA) is 21.7 Å². The predicted octanol–water partition coefficient (Wildman–Crippen LogP) is 10.5. The highest BCUT2D eigenvalue weighted by molar-refractivity contribution is 5.86. The van der Waals surface area contributed by atoms with Crippen LogP contribution in [-0.4, -0.2) is 0 Å². The van der Waals surface area contributed by atoms with Gasteiger partial charge in [-0.25, -0.2) is 0 Å². The molecule has 2 heterocycles. The minimum Gasteiger partial charge on any atom is -0.457 e. The van der Waals surface area contributed by atoms with Crippen LogP contribution in [0.25, 0.3) is 0 Å². The van der Waals surface area contributed by atoms with E-state index in [4.69, 9.17) is 9.47 Å². The zero-order valence-corrected chi connectivity index (χ0v) is 23.5. The van der Waals surface area contributed by atoms with Crippen LogP contribution in [0.3, 0.4) is 0 Å². The van der Waals surface area contributed by atoms with Crippen molar-refractivity contribution in [3.8, 4) is 23.0 Å². The van der Waals surface area contributed by atoms with E-state index in [2.05, 4.69) is 109 Å². The van der Waals surface area contributed by atoms with Gasteiger partial charge in [-0.05, 0) is 84.1 Å². The van der Waals surface area contributed by atoms with E-state index in [1.54, 1.807) is 0 Å². The molecule has 6 aromatic rings. The Morgan fingerprint density at radius 1 is 0.476 bits per heavy atom. The summed E-state index contributed by atoms with van der Waals surface area (Å²) in [7, 11) is 0. The summed E-state index contributed by atoms with van der Waals surface area (Å²) in [6.45, 7) is 2.12. The van der Waals surface area contributed by atoms with Gasteiger partial charge in [0.2, 0.25) is 0 Å². The third-order valence-electron chi connectivity index (χ3n) is 7.70. The van der Waals surface area contributed by atoms with E-state index in [0.29, 0.717) is 0 Å². The number of nitrogens with zero attached hydrogens (tertiary/aromatic N) is 1. The van der Waals surface area contributed by atoms with Gasteiger partial charge in [0.25, 0.3) is 0 Å². The maximum atomic E-state index is 6.10. The monoisotopic (exact) mass is 545 g/mol. The quantitative estimate of drug-likeness (QED) is 0.220. The van der Waals surface area contributed by atoms with E-state index >= 15 is 0 Å². The Hall–Kier alpha value is -5.28. The third kappa shape index (κ3) is 5.25. The zero-order chi connectivity index (χ0) is 28.3. The fraction of sp³-hybridized carbons (Fsp3) is 0.0769. The number of hydrogen-bond acceptors (Lipinski definition) is 3. The summed E-state index contributed by atoms with van der Waals surface area (Å²) < 4.78 is 11.9. The second-order valence-corrected chi connectivity index (χ2v) is 10.7. The molecule has 0 spiro atoms. The molecule has 2 aliphatic rings. The van der Waals surface area contributed by atoms with Crippen molar-refractivity contribution in [3.05, 3.63) is 173 Å². The highest BCUT2D eigenvalue weighted by Crippen LogP contribution is 2.50. The van der Waals surface area contributed by atoms with Crippen LogP contribution in [0.5, 0.6) is 23.0 Å². The Labute approximate surface area is 247 Å². The van der Waals surface area contributed by atoms with Crippen LogP contribution in [0.1, 0.15) is 27.8 Å². The molecule has 8 rings (SSSR count). The lowest BCUT2D eigenvalue weighted by Gasteiger charge is -2.32. The molecule has 6 aromatic carbocycles. The van der Waals surface area contributed by atoms with Crippen molar-refractivity contribution in [3.63, 3.8) is 0 Å². The van der Waals surface area contributed by atoms with E-state index in [9.17, 15) is 0 Å². The summed E-state index contributed by atoms with van der Waals surface area (Å²) in [5.74, 6) is 3.74. The van der Waals surface area contributed by atoms with Gasteiger partial charge in [-0.15, -0.1) is 0 Å². The first kappa shape index (κ1) is 25.7. The van der Waals surface area contributed by atoms with Crippen molar-refractivity contribution in [2.45, 2.75) is 19.8 Å². The Bertz CT molecular complexity index is 1710. The molecule has 0 radical (unpaired) electrons. The van der Waals surface area contributed by atoms with Gasteiger partial charge < -0.3 is 14.4 Å². The molecule has 0 aromatic heterocycles. The van der Waals surface area contributed by atoms with Gasteiger partial charge in [0.05, 0.1) is 11.4 Å². The minimum absolute atomic E-state index is 0.880. The van der Waals surface area contributed by atoms with Gasteiger partial charge in [0, 0.05) is 12.1 Å². The lowest BCUT2D eigenvalue weighted by Crippen LogP contribution is -2.15. The third-order valence-corrected chi connectivity index (χ3v) is 7.70. The number of rotatable bonds is 3. The van der Waals surface area contributed by atoms with Gasteiger partial charge >= 0.3 is 0 Å². The molecular weight excluding hydrogens is 514 g/mol. The number of benzene rings is 6. The van der Waals surface area contributed by atoms with E-state index in [-0.39, 0.29) is 0 Å². The van der Waals surface area contributed by atoms with E-state index in [1.807, 2.05) is 48.5 Å². The molecule has 0 atom stereocenters. The SMILES string of the molecule is Cc1ccc(Cc2ccc(N3c4ccccc4Oc4ccccc43)cc2)cc1.c1ccc2c(c1)Cc1ccccc1O2. The molecule has 2 aliphatic heterocycles. The maximum Gasteiger partial charge on any atom is 0.151 e. The lowest BCUT2D eigenvalue weighted by molar-refractivity contribution is 0.460. The van der Waals surface area contributed by atoms with Crippen molar-refractivity contribution in [1.82, 2.24) is 0 Å².